The van der Waals surface area contributed by atoms with Crippen LogP contribution >= 0.6 is 0 Å². The molecule has 2 amide bonds. The largest absolute Gasteiger partial charge is 0.355 e. The van der Waals surface area contributed by atoms with E-state index in [4.69, 9.17) is 0 Å². The topological polar surface area (TPSA) is 61.4 Å². The quantitative estimate of drug-likeness (QED) is 0.702. The van der Waals surface area contributed by atoms with Gasteiger partial charge in [-0.25, -0.2) is 0 Å². The fourth-order valence-electron chi connectivity index (χ4n) is 2.52. The van der Waals surface area contributed by atoms with E-state index in [2.05, 4.69) is 10.6 Å². The second kappa shape index (κ2) is 9.75. The molecule has 0 radical (unpaired) electrons. The third-order valence-electron chi connectivity index (χ3n) is 3.67. The molecular weight excluding hydrogens is 254 g/mol. The zero-order chi connectivity index (χ0) is 14.8. The molecule has 2 N–H and O–H groups in total. The predicted molar refractivity (Wildman–Crippen MR) is 80.4 cm³/mol. The van der Waals surface area contributed by atoms with Crippen molar-refractivity contribution in [3.8, 4) is 0 Å². The van der Waals surface area contributed by atoms with E-state index in [1.165, 1.54) is 0 Å². The van der Waals surface area contributed by atoms with Crippen LogP contribution in [0.4, 0.5) is 0 Å². The number of rotatable bonds is 8. The van der Waals surface area contributed by atoms with Gasteiger partial charge in [0.25, 0.3) is 0 Å². The number of carbonyl (C=O) groups excluding carboxylic acids is 2. The number of hydrogen-bond donors (Lipinski definition) is 2. The molecule has 1 aliphatic rings. The van der Waals surface area contributed by atoms with Crippen LogP contribution < -0.4 is 10.6 Å². The van der Waals surface area contributed by atoms with Crippen LogP contribution in [0.25, 0.3) is 0 Å². The molecule has 0 bridgehead atoms. The Morgan fingerprint density at radius 2 is 1.90 bits per heavy atom. The van der Waals surface area contributed by atoms with Crippen LogP contribution in [-0.2, 0) is 9.59 Å². The minimum absolute atomic E-state index is 0.0426. The molecular formula is C15H29N3O2. The Balaban J connectivity index is 2.42. The molecule has 0 aliphatic carbocycles. The Morgan fingerprint density at radius 1 is 1.20 bits per heavy atom. The summed E-state index contributed by atoms with van der Waals surface area (Å²) >= 11 is 0. The summed E-state index contributed by atoms with van der Waals surface area (Å²) < 4.78 is 0. The molecule has 1 aliphatic heterocycles. The van der Waals surface area contributed by atoms with E-state index < -0.39 is 0 Å². The van der Waals surface area contributed by atoms with E-state index in [1.54, 1.807) is 4.90 Å². The summed E-state index contributed by atoms with van der Waals surface area (Å²) in [5.41, 5.74) is 0. The Labute approximate surface area is 122 Å². The lowest BCUT2D eigenvalue weighted by Gasteiger charge is -2.26. The van der Waals surface area contributed by atoms with E-state index in [0.29, 0.717) is 25.4 Å². The lowest BCUT2D eigenvalue weighted by Crippen LogP contribution is -2.42. The zero-order valence-electron chi connectivity index (χ0n) is 12.9. The predicted octanol–water partition coefficient (Wildman–Crippen LogP) is 1.14. The molecule has 5 heteroatoms. The van der Waals surface area contributed by atoms with Crippen molar-refractivity contribution < 1.29 is 9.59 Å². The highest BCUT2D eigenvalue weighted by atomic mass is 16.2. The average Bonchev–Trinajstić information content (AvgIpc) is 2.45. The summed E-state index contributed by atoms with van der Waals surface area (Å²) in [6.07, 6.45) is 4.52. The number of nitrogens with zero attached hydrogens (tertiary/aromatic N) is 1. The van der Waals surface area contributed by atoms with Gasteiger partial charge < -0.3 is 15.5 Å². The number of carbonyl (C=O) groups is 2. The second-order valence-electron chi connectivity index (χ2n) is 5.56. The Hall–Kier alpha value is -1.10. The van der Waals surface area contributed by atoms with Crippen LogP contribution in [0.15, 0.2) is 0 Å². The van der Waals surface area contributed by atoms with Crippen molar-refractivity contribution in [2.75, 3.05) is 32.7 Å². The summed E-state index contributed by atoms with van der Waals surface area (Å²) in [7, 11) is 0. The van der Waals surface area contributed by atoms with Crippen molar-refractivity contribution in [1.82, 2.24) is 15.5 Å². The third-order valence-corrected chi connectivity index (χ3v) is 3.67. The maximum atomic E-state index is 12.3. The monoisotopic (exact) mass is 283 g/mol. The van der Waals surface area contributed by atoms with Crippen molar-refractivity contribution in [2.45, 2.75) is 46.0 Å². The summed E-state index contributed by atoms with van der Waals surface area (Å²) in [6, 6.07) is 0. The van der Waals surface area contributed by atoms with Gasteiger partial charge >= 0.3 is 0 Å². The van der Waals surface area contributed by atoms with E-state index in [1.807, 2.05) is 13.8 Å². The van der Waals surface area contributed by atoms with Crippen molar-refractivity contribution >= 4 is 11.8 Å². The first-order chi connectivity index (χ1) is 9.67. The highest BCUT2D eigenvalue weighted by Gasteiger charge is 2.21. The Kier molecular flexibility index (Phi) is 8.26. The van der Waals surface area contributed by atoms with Gasteiger partial charge in [-0.3, -0.25) is 9.59 Å². The molecule has 1 heterocycles. The maximum absolute atomic E-state index is 12.3. The van der Waals surface area contributed by atoms with E-state index in [9.17, 15) is 9.59 Å². The Bertz CT molecular complexity index is 301. The molecule has 0 aromatic carbocycles. The van der Waals surface area contributed by atoms with Crippen LogP contribution in [-0.4, -0.2) is 49.4 Å². The summed E-state index contributed by atoms with van der Waals surface area (Å²) in [6.45, 7) is 7.62. The number of piperidine rings is 1. The SMILES string of the molecule is CCCNC(=O)CN(CCC)C(=O)CC1CCNCC1. The van der Waals surface area contributed by atoms with Gasteiger partial charge in [0.15, 0.2) is 0 Å². The van der Waals surface area contributed by atoms with Gasteiger partial charge in [-0.1, -0.05) is 13.8 Å². The highest BCUT2D eigenvalue weighted by molar-refractivity contribution is 5.84. The molecule has 20 heavy (non-hydrogen) atoms. The van der Waals surface area contributed by atoms with Gasteiger partial charge in [-0.2, -0.15) is 0 Å². The lowest BCUT2D eigenvalue weighted by molar-refractivity contribution is -0.137. The van der Waals surface area contributed by atoms with E-state index >= 15 is 0 Å². The summed E-state index contributed by atoms with van der Waals surface area (Å²) in [4.78, 5) is 25.8. The normalized spacial score (nSPS) is 15.9. The lowest BCUT2D eigenvalue weighted by atomic mass is 9.94. The van der Waals surface area contributed by atoms with Crippen molar-refractivity contribution in [3.05, 3.63) is 0 Å². The Morgan fingerprint density at radius 3 is 2.50 bits per heavy atom. The van der Waals surface area contributed by atoms with Crippen LogP contribution in [0.3, 0.4) is 0 Å². The number of amides is 2. The fraction of sp³-hybridized carbons (Fsp3) is 0.867. The van der Waals surface area contributed by atoms with E-state index in [0.717, 1.165) is 38.8 Å². The molecule has 0 unspecified atom stereocenters. The first-order valence-corrected chi connectivity index (χ1v) is 7.92. The van der Waals surface area contributed by atoms with Crippen LogP contribution in [0.2, 0.25) is 0 Å². The molecule has 116 valence electrons. The maximum Gasteiger partial charge on any atom is 0.239 e. The number of nitrogens with one attached hydrogen (secondary N) is 2. The standard InChI is InChI=1S/C15H29N3O2/c1-3-7-17-14(19)12-18(10-4-2)15(20)11-13-5-8-16-9-6-13/h13,16H,3-12H2,1-2H3,(H,17,19). The van der Waals surface area contributed by atoms with E-state index in [-0.39, 0.29) is 18.4 Å². The second-order valence-corrected chi connectivity index (χ2v) is 5.56. The van der Waals surface area contributed by atoms with Gasteiger partial charge in [0, 0.05) is 19.5 Å². The van der Waals surface area contributed by atoms with Crippen LogP contribution in [0, 0.1) is 5.92 Å². The summed E-state index contributed by atoms with van der Waals surface area (Å²) in [5.74, 6) is 0.561. The highest BCUT2D eigenvalue weighted by Crippen LogP contribution is 2.17. The first-order valence-electron chi connectivity index (χ1n) is 7.92. The molecule has 5 nitrogen and oxygen atoms in total. The van der Waals surface area contributed by atoms with Crippen molar-refractivity contribution in [1.29, 1.82) is 0 Å². The van der Waals surface area contributed by atoms with Crippen LogP contribution in [0.5, 0.6) is 0 Å². The molecule has 1 fully saturated rings. The molecule has 1 rings (SSSR count). The molecule has 0 aromatic rings. The van der Waals surface area contributed by atoms with Gasteiger partial charge in [0.05, 0.1) is 6.54 Å². The average molecular weight is 283 g/mol. The minimum Gasteiger partial charge on any atom is -0.355 e. The molecule has 0 saturated carbocycles. The molecule has 1 saturated heterocycles. The first kappa shape index (κ1) is 17.0. The smallest absolute Gasteiger partial charge is 0.239 e. The summed E-state index contributed by atoms with van der Waals surface area (Å²) in [5, 5.41) is 6.15. The van der Waals surface area contributed by atoms with Gasteiger partial charge in [0.1, 0.15) is 0 Å². The van der Waals surface area contributed by atoms with Crippen LogP contribution in [0.1, 0.15) is 46.0 Å². The van der Waals surface area contributed by atoms with Crippen molar-refractivity contribution in [3.63, 3.8) is 0 Å². The van der Waals surface area contributed by atoms with Gasteiger partial charge in [-0.15, -0.1) is 0 Å². The minimum atomic E-state index is -0.0426. The molecule has 0 spiro atoms. The molecule has 0 atom stereocenters. The zero-order valence-corrected chi connectivity index (χ0v) is 12.9. The van der Waals surface area contributed by atoms with Gasteiger partial charge in [0.2, 0.25) is 11.8 Å². The number of hydrogen-bond acceptors (Lipinski definition) is 3. The fourth-order valence-corrected chi connectivity index (χ4v) is 2.52. The van der Waals surface area contributed by atoms with Gasteiger partial charge in [-0.05, 0) is 44.7 Å². The van der Waals surface area contributed by atoms with Crippen molar-refractivity contribution in [2.24, 2.45) is 5.92 Å². The molecule has 0 aromatic heterocycles. The third kappa shape index (κ3) is 6.37.